The number of likely N-dealkylation sites (N-methyl/N-ethyl adjacent to an activating group) is 1. The van der Waals surface area contributed by atoms with Crippen LogP contribution < -0.4 is 10.6 Å². The van der Waals surface area contributed by atoms with Gasteiger partial charge in [-0.1, -0.05) is 54.6 Å². The number of benzene rings is 2. The van der Waals surface area contributed by atoms with Crippen molar-refractivity contribution in [1.29, 1.82) is 0 Å². The van der Waals surface area contributed by atoms with E-state index in [4.69, 9.17) is 11.6 Å². The van der Waals surface area contributed by atoms with Crippen LogP contribution in [-0.4, -0.2) is 23.6 Å². The quantitative estimate of drug-likeness (QED) is 0.566. The summed E-state index contributed by atoms with van der Waals surface area (Å²) in [6, 6.07) is 13.9. The summed E-state index contributed by atoms with van der Waals surface area (Å²) in [5.41, 5.74) is 6.20. The van der Waals surface area contributed by atoms with Crippen molar-refractivity contribution in [3.05, 3.63) is 77.5 Å². The third-order valence-corrected chi connectivity index (χ3v) is 4.28. The first kappa shape index (κ1) is 19.6. The van der Waals surface area contributed by atoms with Crippen molar-refractivity contribution >= 4 is 34.2 Å². The summed E-state index contributed by atoms with van der Waals surface area (Å²) in [4.78, 5) is 7.57. The number of halogens is 1. The molecule has 1 aromatic heterocycles. The van der Waals surface area contributed by atoms with Crippen LogP contribution in [0.5, 0.6) is 0 Å². The number of anilines is 1. The van der Waals surface area contributed by atoms with Crippen LogP contribution >= 0.6 is 11.6 Å². The van der Waals surface area contributed by atoms with Crippen LogP contribution in [0.1, 0.15) is 18.1 Å². The topological polar surface area (TPSA) is 52.7 Å². The molecular formula is C21H25ClN4. The maximum Gasteiger partial charge on any atom is 0.201 e. The van der Waals surface area contributed by atoms with Gasteiger partial charge in [-0.2, -0.15) is 0 Å². The largest absolute Gasteiger partial charge is 0.390 e. The number of nitrogens with one attached hydrogen (secondary N) is 3. The van der Waals surface area contributed by atoms with Gasteiger partial charge in [-0.25, -0.2) is 4.98 Å². The minimum absolute atomic E-state index is 0.663. The minimum Gasteiger partial charge on any atom is -0.390 e. The number of aryl methyl sites for hydroxylation is 1. The van der Waals surface area contributed by atoms with Gasteiger partial charge in [-0.3, -0.25) is 0 Å². The second-order valence-corrected chi connectivity index (χ2v) is 6.46. The van der Waals surface area contributed by atoms with Gasteiger partial charge in [0.15, 0.2) is 0 Å². The third kappa shape index (κ3) is 5.39. The third-order valence-electron chi connectivity index (χ3n) is 3.88. The highest BCUT2D eigenvalue weighted by Crippen LogP contribution is 2.20. The lowest BCUT2D eigenvalue weighted by Gasteiger charge is -2.04. The van der Waals surface area contributed by atoms with Crippen molar-refractivity contribution < 1.29 is 0 Å². The van der Waals surface area contributed by atoms with Crippen molar-refractivity contribution in [3.63, 3.8) is 0 Å². The zero-order chi connectivity index (χ0) is 19.1. The highest BCUT2D eigenvalue weighted by molar-refractivity contribution is 6.31. The molecule has 136 valence electrons. The molecule has 3 N–H and O–H groups in total. The second kappa shape index (κ2) is 9.11. The lowest BCUT2D eigenvalue weighted by atomic mass is 10.1. The Morgan fingerprint density at radius 3 is 2.54 bits per heavy atom. The fraction of sp³-hybridized carbons (Fsp3) is 0.190. The number of aromatic nitrogens is 2. The molecule has 2 aromatic carbocycles. The lowest BCUT2D eigenvalue weighted by Crippen LogP contribution is -2.14. The second-order valence-electron chi connectivity index (χ2n) is 6.05. The predicted molar refractivity (Wildman–Crippen MR) is 114 cm³/mol. The number of imidazole rings is 1. The van der Waals surface area contributed by atoms with E-state index in [0.717, 1.165) is 44.4 Å². The van der Waals surface area contributed by atoms with Crippen LogP contribution in [0.4, 0.5) is 5.95 Å². The molecule has 1 heterocycles. The molecule has 0 radical (unpaired) electrons. The van der Waals surface area contributed by atoms with Gasteiger partial charge in [0, 0.05) is 17.8 Å². The Kier molecular flexibility index (Phi) is 6.87. The van der Waals surface area contributed by atoms with E-state index >= 15 is 0 Å². The molecule has 0 aliphatic carbocycles. The molecule has 0 fully saturated rings. The van der Waals surface area contributed by atoms with Gasteiger partial charge in [-0.15, -0.1) is 0 Å². The van der Waals surface area contributed by atoms with Crippen LogP contribution in [0.15, 0.2) is 61.3 Å². The van der Waals surface area contributed by atoms with Crippen LogP contribution in [0.2, 0.25) is 5.02 Å². The molecule has 3 rings (SSSR count). The fourth-order valence-corrected chi connectivity index (χ4v) is 2.35. The Bertz CT molecular complexity index is 878. The van der Waals surface area contributed by atoms with Gasteiger partial charge in [0.1, 0.15) is 0 Å². The molecule has 0 saturated heterocycles. The molecule has 0 spiro atoms. The highest BCUT2D eigenvalue weighted by Gasteiger charge is 2.00. The molecule has 4 nitrogen and oxygen atoms in total. The summed E-state index contributed by atoms with van der Waals surface area (Å²) in [6.07, 6.45) is 0. The standard InChI is InChI=1S/C11H14N4.C10H11Cl/c1-8(12-2)7-13-11-14-9-5-3-4-6-10(9)15-11;1-7(2)9-5-4-8(3)10(11)6-9/h3-6,12H,1,7H2,2H3,(H2,13,14,15);4-6H,1H2,2-3H3. The Morgan fingerprint density at radius 2 is 1.92 bits per heavy atom. The highest BCUT2D eigenvalue weighted by atomic mass is 35.5. The summed E-state index contributed by atoms with van der Waals surface area (Å²) in [6.45, 7) is 12.3. The first-order valence-corrected chi connectivity index (χ1v) is 8.74. The van der Waals surface area contributed by atoms with E-state index in [1.807, 2.05) is 63.4 Å². The van der Waals surface area contributed by atoms with Gasteiger partial charge in [0.25, 0.3) is 0 Å². The summed E-state index contributed by atoms with van der Waals surface area (Å²) < 4.78 is 0. The van der Waals surface area contributed by atoms with Gasteiger partial charge < -0.3 is 15.6 Å². The lowest BCUT2D eigenvalue weighted by molar-refractivity contribution is 0.950. The number of H-pyrrole nitrogens is 1. The smallest absolute Gasteiger partial charge is 0.201 e. The zero-order valence-corrected chi connectivity index (χ0v) is 16.2. The molecule has 26 heavy (non-hydrogen) atoms. The Morgan fingerprint density at radius 1 is 1.19 bits per heavy atom. The summed E-state index contributed by atoms with van der Waals surface area (Å²) in [5.74, 6) is 0.771. The summed E-state index contributed by atoms with van der Waals surface area (Å²) >= 11 is 5.92. The van der Waals surface area contributed by atoms with Crippen molar-refractivity contribution in [2.45, 2.75) is 13.8 Å². The average molecular weight is 369 g/mol. The van der Waals surface area contributed by atoms with E-state index in [1.165, 1.54) is 0 Å². The van der Waals surface area contributed by atoms with E-state index in [1.54, 1.807) is 0 Å². The van der Waals surface area contributed by atoms with Gasteiger partial charge in [0.2, 0.25) is 5.95 Å². The zero-order valence-electron chi connectivity index (χ0n) is 15.5. The number of rotatable bonds is 5. The number of nitrogens with zero attached hydrogens (tertiary/aromatic N) is 1. The van der Waals surface area contributed by atoms with E-state index in [9.17, 15) is 0 Å². The van der Waals surface area contributed by atoms with Gasteiger partial charge >= 0.3 is 0 Å². The monoisotopic (exact) mass is 368 g/mol. The first-order chi connectivity index (χ1) is 12.4. The molecule has 5 heteroatoms. The van der Waals surface area contributed by atoms with Crippen LogP contribution in [-0.2, 0) is 0 Å². The van der Waals surface area contributed by atoms with E-state index in [2.05, 4.69) is 33.8 Å². The Labute approximate surface area is 160 Å². The summed E-state index contributed by atoms with van der Waals surface area (Å²) in [5, 5.41) is 6.94. The average Bonchev–Trinajstić information content (AvgIpc) is 3.05. The number of hydrogen-bond donors (Lipinski definition) is 3. The van der Waals surface area contributed by atoms with E-state index < -0.39 is 0 Å². The molecular weight excluding hydrogens is 344 g/mol. The molecule has 0 aliphatic heterocycles. The fourth-order valence-electron chi connectivity index (χ4n) is 2.17. The number of para-hydroxylation sites is 2. The number of allylic oxidation sites excluding steroid dienone is 1. The Balaban J connectivity index is 0.000000197. The van der Waals surface area contributed by atoms with Crippen LogP contribution in [0.3, 0.4) is 0 Å². The number of fused-ring (bicyclic) bond motifs is 1. The maximum atomic E-state index is 5.92. The van der Waals surface area contributed by atoms with E-state index in [0.29, 0.717) is 6.54 Å². The van der Waals surface area contributed by atoms with E-state index in [-0.39, 0.29) is 0 Å². The summed E-state index contributed by atoms with van der Waals surface area (Å²) in [7, 11) is 1.85. The molecule has 0 unspecified atom stereocenters. The predicted octanol–water partition coefficient (Wildman–Crippen LogP) is 5.39. The molecule has 0 saturated carbocycles. The first-order valence-electron chi connectivity index (χ1n) is 8.37. The van der Waals surface area contributed by atoms with Crippen molar-refractivity contribution in [3.8, 4) is 0 Å². The number of aromatic amines is 1. The maximum absolute atomic E-state index is 5.92. The molecule has 3 aromatic rings. The number of hydrogen-bond acceptors (Lipinski definition) is 3. The normalized spacial score (nSPS) is 10.0. The van der Waals surface area contributed by atoms with Crippen molar-refractivity contribution in [2.75, 3.05) is 18.9 Å². The SMILES string of the molecule is C=C(C)c1ccc(C)c(Cl)c1.C=C(CNc1nc2ccccc2[nH]1)NC. The van der Waals surface area contributed by atoms with Crippen LogP contribution in [0, 0.1) is 6.92 Å². The van der Waals surface area contributed by atoms with Crippen LogP contribution in [0.25, 0.3) is 16.6 Å². The van der Waals surface area contributed by atoms with Crippen molar-refractivity contribution in [2.24, 2.45) is 0 Å². The van der Waals surface area contributed by atoms with Gasteiger partial charge in [0.05, 0.1) is 17.6 Å². The molecule has 0 bridgehead atoms. The van der Waals surface area contributed by atoms with Gasteiger partial charge in [-0.05, 0) is 43.2 Å². The Hall–Kier alpha value is -2.72. The molecule has 0 atom stereocenters. The molecule has 0 amide bonds. The van der Waals surface area contributed by atoms with Crippen molar-refractivity contribution in [1.82, 2.24) is 15.3 Å². The minimum atomic E-state index is 0.663. The molecule has 0 aliphatic rings.